The molecule has 2 fully saturated rings. The standard InChI is InChI=1S/C16H32N2O3S/c1-16(2,3)14-8-10-18(11-9-14)22(20,21)17(4)12-13-6-5-7-15(13)19/h13-15,19H,5-12H2,1-4H3. The first kappa shape index (κ1) is 18.2. The van der Waals surface area contributed by atoms with Gasteiger partial charge in [-0.05, 0) is 42.9 Å². The van der Waals surface area contributed by atoms with E-state index in [9.17, 15) is 13.5 Å². The average Bonchev–Trinajstić information content (AvgIpc) is 2.83. The van der Waals surface area contributed by atoms with Crippen LogP contribution in [0.2, 0.25) is 0 Å². The molecule has 0 aromatic rings. The zero-order valence-corrected chi connectivity index (χ0v) is 15.3. The number of rotatable bonds is 4. The lowest BCUT2D eigenvalue weighted by atomic mass is 9.76. The van der Waals surface area contributed by atoms with Gasteiger partial charge < -0.3 is 5.11 Å². The highest BCUT2D eigenvalue weighted by Gasteiger charge is 2.36. The van der Waals surface area contributed by atoms with Gasteiger partial charge in [0, 0.05) is 26.7 Å². The van der Waals surface area contributed by atoms with Gasteiger partial charge in [0.1, 0.15) is 0 Å². The van der Waals surface area contributed by atoms with E-state index in [1.165, 1.54) is 4.31 Å². The van der Waals surface area contributed by atoms with E-state index >= 15 is 0 Å². The third-order valence-corrected chi connectivity index (χ3v) is 7.46. The smallest absolute Gasteiger partial charge is 0.281 e. The largest absolute Gasteiger partial charge is 0.393 e. The summed E-state index contributed by atoms with van der Waals surface area (Å²) < 4.78 is 28.5. The molecule has 1 saturated carbocycles. The third kappa shape index (κ3) is 4.02. The van der Waals surface area contributed by atoms with E-state index in [1.807, 2.05) is 0 Å². The van der Waals surface area contributed by atoms with Gasteiger partial charge in [0.2, 0.25) is 0 Å². The van der Waals surface area contributed by atoms with Crippen LogP contribution in [0.1, 0.15) is 52.9 Å². The molecule has 2 rings (SSSR count). The van der Waals surface area contributed by atoms with Crippen LogP contribution < -0.4 is 0 Å². The van der Waals surface area contributed by atoms with Gasteiger partial charge in [0.05, 0.1) is 6.10 Å². The highest BCUT2D eigenvalue weighted by atomic mass is 32.2. The maximum atomic E-state index is 12.7. The van der Waals surface area contributed by atoms with Gasteiger partial charge in [0.25, 0.3) is 10.2 Å². The van der Waals surface area contributed by atoms with Gasteiger partial charge >= 0.3 is 0 Å². The molecule has 2 atom stereocenters. The number of nitrogens with zero attached hydrogens (tertiary/aromatic N) is 2. The topological polar surface area (TPSA) is 60.9 Å². The quantitative estimate of drug-likeness (QED) is 0.857. The normalized spacial score (nSPS) is 29.4. The second-order valence-electron chi connectivity index (χ2n) is 8.09. The summed E-state index contributed by atoms with van der Waals surface area (Å²) in [7, 11) is -1.74. The molecule has 0 bridgehead atoms. The summed E-state index contributed by atoms with van der Waals surface area (Å²) in [6.45, 7) is 8.35. The molecule has 1 heterocycles. The zero-order valence-electron chi connectivity index (χ0n) is 14.5. The fraction of sp³-hybridized carbons (Fsp3) is 1.00. The van der Waals surface area contributed by atoms with Gasteiger partial charge in [-0.2, -0.15) is 17.0 Å². The molecule has 6 heteroatoms. The fourth-order valence-electron chi connectivity index (χ4n) is 3.80. The Labute approximate surface area is 135 Å². The van der Waals surface area contributed by atoms with Crippen LogP contribution in [0.3, 0.4) is 0 Å². The predicted octanol–water partition coefficient (Wildman–Crippen LogP) is 2.08. The van der Waals surface area contributed by atoms with Crippen LogP contribution in [-0.2, 0) is 10.2 Å². The molecule has 0 radical (unpaired) electrons. The van der Waals surface area contributed by atoms with E-state index in [-0.39, 0.29) is 17.4 Å². The Hall–Kier alpha value is -0.170. The lowest BCUT2D eigenvalue weighted by molar-refractivity contribution is 0.119. The van der Waals surface area contributed by atoms with Crippen molar-refractivity contribution in [3.8, 4) is 0 Å². The number of aliphatic hydroxyl groups excluding tert-OH is 1. The van der Waals surface area contributed by atoms with Crippen LogP contribution in [0.25, 0.3) is 0 Å². The number of piperidine rings is 1. The fourth-order valence-corrected chi connectivity index (χ4v) is 5.25. The maximum Gasteiger partial charge on any atom is 0.281 e. The van der Waals surface area contributed by atoms with E-state index < -0.39 is 10.2 Å². The van der Waals surface area contributed by atoms with E-state index in [0.29, 0.717) is 25.6 Å². The second kappa shape index (κ2) is 6.75. The summed E-state index contributed by atoms with van der Waals surface area (Å²) in [6.07, 6.45) is 4.24. The Morgan fingerprint density at radius 3 is 2.18 bits per heavy atom. The van der Waals surface area contributed by atoms with Crippen molar-refractivity contribution in [3.63, 3.8) is 0 Å². The monoisotopic (exact) mass is 332 g/mol. The van der Waals surface area contributed by atoms with Crippen LogP contribution in [0.5, 0.6) is 0 Å². The lowest BCUT2D eigenvalue weighted by Gasteiger charge is -2.39. The molecule has 130 valence electrons. The molecule has 0 aromatic carbocycles. The highest BCUT2D eigenvalue weighted by molar-refractivity contribution is 7.86. The first-order chi connectivity index (χ1) is 10.1. The molecule has 1 aliphatic carbocycles. The van der Waals surface area contributed by atoms with E-state index in [0.717, 1.165) is 32.1 Å². The molecule has 22 heavy (non-hydrogen) atoms. The summed E-state index contributed by atoms with van der Waals surface area (Å²) in [4.78, 5) is 0. The Bertz CT molecular complexity index is 464. The van der Waals surface area contributed by atoms with Crippen molar-refractivity contribution < 1.29 is 13.5 Å². The Morgan fingerprint density at radius 1 is 1.14 bits per heavy atom. The van der Waals surface area contributed by atoms with Crippen LogP contribution in [-0.4, -0.2) is 54.9 Å². The van der Waals surface area contributed by atoms with Gasteiger partial charge in [-0.1, -0.05) is 27.2 Å². The molecule has 2 unspecified atom stereocenters. The molecular formula is C16H32N2O3S. The van der Waals surface area contributed by atoms with E-state index in [4.69, 9.17) is 0 Å². The SMILES string of the molecule is CN(CC1CCCC1O)S(=O)(=O)N1CCC(C(C)(C)C)CC1. The highest BCUT2D eigenvalue weighted by Crippen LogP contribution is 2.35. The van der Waals surface area contributed by atoms with Crippen molar-refractivity contribution in [3.05, 3.63) is 0 Å². The van der Waals surface area contributed by atoms with Crippen LogP contribution in [0, 0.1) is 17.3 Å². The number of aliphatic hydroxyl groups is 1. The first-order valence-corrected chi connectivity index (χ1v) is 9.91. The van der Waals surface area contributed by atoms with Crippen LogP contribution >= 0.6 is 0 Å². The van der Waals surface area contributed by atoms with Gasteiger partial charge in [-0.25, -0.2) is 0 Å². The van der Waals surface area contributed by atoms with Crippen molar-refractivity contribution >= 4 is 10.2 Å². The summed E-state index contributed by atoms with van der Waals surface area (Å²) in [6, 6.07) is 0. The zero-order chi connectivity index (χ0) is 16.5. The van der Waals surface area contributed by atoms with Gasteiger partial charge in [-0.3, -0.25) is 0 Å². The maximum absolute atomic E-state index is 12.7. The van der Waals surface area contributed by atoms with Crippen LogP contribution in [0.4, 0.5) is 0 Å². The second-order valence-corrected chi connectivity index (χ2v) is 10.1. The molecule has 1 N–H and O–H groups in total. The van der Waals surface area contributed by atoms with Crippen molar-refractivity contribution in [1.82, 2.24) is 8.61 Å². The van der Waals surface area contributed by atoms with E-state index in [1.54, 1.807) is 11.4 Å². The molecule has 1 saturated heterocycles. The third-order valence-electron chi connectivity index (χ3n) is 5.51. The van der Waals surface area contributed by atoms with Crippen LogP contribution in [0.15, 0.2) is 0 Å². The Kier molecular flexibility index (Phi) is 5.58. The summed E-state index contributed by atoms with van der Waals surface area (Å²) >= 11 is 0. The van der Waals surface area contributed by atoms with Gasteiger partial charge in [-0.15, -0.1) is 0 Å². The Morgan fingerprint density at radius 2 is 1.73 bits per heavy atom. The molecule has 2 aliphatic rings. The van der Waals surface area contributed by atoms with Crippen molar-refractivity contribution in [2.75, 3.05) is 26.7 Å². The molecular weight excluding hydrogens is 300 g/mol. The minimum atomic E-state index is -3.39. The minimum absolute atomic E-state index is 0.0897. The van der Waals surface area contributed by atoms with Gasteiger partial charge in [0.15, 0.2) is 0 Å². The Balaban J connectivity index is 1.93. The summed E-state index contributed by atoms with van der Waals surface area (Å²) in [5.41, 5.74) is 0.246. The molecule has 1 aliphatic heterocycles. The molecule has 0 aromatic heterocycles. The number of hydrogen-bond acceptors (Lipinski definition) is 3. The van der Waals surface area contributed by atoms with Crippen molar-refractivity contribution in [1.29, 1.82) is 0 Å². The summed E-state index contributed by atoms with van der Waals surface area (Å²) in [5.74, 6) is 0.674. The van der Waals surface area contributed by atoms with Crippen molar-refractivity contribution in [2.45, 2.75) is 59.0 Å². The summed E-state index contributed by atoms with van der Waals surface area (Å²) in [5, 5.41) is 9.90. The number of hydrogen-bond donors (Lipinski definition) is 1. The predicted molar refractivity (Wildman–Crippen MR) is 88.6 cm³/mol. The average molecular weight is 333 g/mol. The molecule has 5 nitrogen and oxygen atoms in total. The minimum Gasteiger partial charge on any atom is -0.393 e. The molecule has 0 spiro atoms. The van der Waals surface area contributed by atoms with Crippen molar-refractivity contribution in [2.24, 2.45) is 17.3 Å². The first-order valence-electron chi connectivity index (χ1n) is 8.52. The molecule has 0 amide bonds. The van der Waals surface area contributed by atoms with E-state index in [2.05, 4.69) is 20.8 Å². The lowest BCUT2D eigenvalue weighted by Crippen LogP contribution is -2.48.